The molecule has 2 heterocycles. The molecule has 3 rings (SSSR count). The van der Waals surface area contributed by atoms with Crippen molar-refractivity contribution in [1.29, 1.82) is 0 Å². The third-order valence-corrected chi connectivity index (χ3v) is 5.61. The number of hydrogen-bond donors (Lipinski definition) is 2. The highest BCUT2D eigenvalue weighted by molar-refractivity contribution is 5.75. The minimum atomic E-state index is -0.763. The predicted octanol–water partition coefficient (Wildman–Crippen LogP) is 3.30. The van der Waals surface area contributed by atoms with Gasteiger partial charge >= 0.3 is 0 Å². The molecule has 1 atom stereocenters. The first-order chi connectivity index (χ1) is 15.8. The van der Waals surface area contributed by atoms with Crippen LogP contribution in [0.4, 0.5) is 0 Å². The van der Waals surface area contributed by atoms with E-state index in [1.165, 1.54) is 19.6 Å². The van der Waals surface area contributed by atoms with Gasteiger partial charge < -0.3 is 24.7 Å². The molecule has 33 heavy (non-hydrogen) atoms. The van der Waals surface area contributed by atoms with Crippen LogP contribution in [-0.4, -0.2) is 42.7 Å². The molecular weight excluding hydrogens is 424 g/mol. The number of nitrogens with two attached hydrogens (primary N) is 1. The average Bonchev–Trinajstić information content (AvgIpc) is 2.79. The van der Waals surface area contributed by atoms with Crippen molar-refractivity contribution < 1.29 is 23.8 Å². The Balaban J connectivity index is 1.99. The molecule has 0 spiro atoms. The Kier molecular flexibility index (Phi) is 8.16. The smallest absolute Gasteiger partial charge is 0.227 e. The summed E-state index contributed by atoms with van der Waals surface area (Å²) in [7, 11) is 1.51. The summed E-state index contributed by atoms with van der Waals surface area (Å²) in [6.07, 6.45) is 3.23. The number of carbonyl (C=O) groups is 1. The maximum Gasteiger partial charge on any atom is 0.227 e. The number of primary amides is 1. The molecule has 1 aromatic heterocycles. The number of benzene rings is 1. The van der Waals surface area contributed by atoms with Gasteiger partial charge in [0.05, 0.1) is 19.6 Å². The Labute approximate surface area is 193 Å². The van der Waals surface area contributed by atoms with Crippen LogP contribution in [0.5, 0.6) is 17.2 Å². The molecule has 0 bridgehead atoms. The Hall–Kier alpha value is -3.26. The lowest BCUT2D eigenvalue weighted by Gasteiger charge is -2.26. The third kappa shape index (κ3) is 6.38. The zero-order valence-electron chi connectivity index (χ0n) is 19.3. The van der Waals surface area contributed by atoms with Crippen molar-refractivity contribution in [3.63, 3.8) is 0 Å². The first-order valence-electron chi connectivity index (χ1n) is 11.1. The van der Waals surface area contributed by atoms with E-state index in [2.05, 4.69) is 11.5 Å². The third-order valence-electron chi connectivity index (χ3n) is 5.61. The minimum absolute atomic E-state index is 0.0194. The summed E-state index contributed by atoms with van der Waals surface area (Å²) in [6.45, 7) is 8.31. The van der Waals surface area contributed by atoms with Gasteiger partial charge in [-0.05, 0) is 56.1 Å². The van der Waals surface area contributed by atoms with Crippen LogP contribution in [0.1, 0.15) is 55.6 Å². The molecular formula is C25H32N2O6. The number of hydrogen-bond acceptors (Lipinski definition) is 7. The maximum absolute atomic E-state index is 12.6. The topological polar surface area (TPSA) is 115 Å². The number of carbonyl (C=O) groups excluding carboxylic acids is 1. The Bertz CT molecular complexity index is 1060. The van der Waals surface area contributed by atoms with Gasteiger partial charge in [-0.3, -0.25) is 14.5 Å². The lowest BCUT2D eigenvalue weighted by atomic mass is 9.91. The number of nitrogens with zero attached hydrogens (tertiary/aromatic N) is 1. The number of methoxy groups -OCH3 is 1. The van der Waals surface area contributed by atoms with Crippen molar-refractivity contribution in [2.45, 2.75) is 45.1 Å². The van der Waals surface area contributed by atoms with Gasteiger partial charge in [0.25, 0.3) is 0 Å². The molecule has 3 N–H and O–H groups in total. The highest BCUT2D eigenvalue weighted by Crippen LogP contribution is 2.37. The molecule has 2 aromatic rings. The summed E-state index contributed by atoms with van der Waals surface area (Å²) in [5.41, 5.74) is 6.41. The molecule has 1 aromatic carbocycles. The Morgan fingerprint density at radius 3 is 2.61 bits per heavy atom. The Morgan fingerprint density at radius 1 is 1.24 bits per heavy atom. The number of piperidine rings is 1. The van der Waals surface area contributed by atoms with E-state index >= 15 is 0 Å². The summed E-state index contributed by atoms with van der Waals surface area (Å²) in [5.74, 6) is -0.472. The zero-order valence-corrected chi connectivity index (χ0v) is 19.3. The normalized spacial score (nSPS) is 15.1. The van der Waals surface area contributed by atoms with E-state index in [1.807, 2.05) is 6.92 Å². The Morgan fingerprint density at radius 2 is 1.97 bits per heavy atom. The van der Waals surface area contributed by atoms with Gasteiger partial charge in [0.1, 0.15) is 12.4 Å². The van der Waals surface area contributed by atoms with Gasteiger partial charge in [0, 0.05) is 12.5 Å². The molecule has 178 valence electrons. The molecule has 1 fully saturated rings. The van der Waals surface area contributed by atoms with Gasteiger partial charge in [-0.2, -0.15) is 0 Å². The van der Waals surface area contributed by atoms with E-state index in [-0.39, 0.29) is 12.2 Å². The van der Waals surface area contributed by atoms with Gasteiger partial charge in [0.2, 0.25) is 17.1 Å². The van der Waals surface area contributed by atoms with Crippen LogP contribution in [-0.2, 0) is 11.3 Å². The largest absolute Gasteiger partial charge is 0.502 e. The van der Waals surface area contributed by atoms with Crippen LogP contribution in [0.2, 0.25) is 0 Å². The molecule has 0 unspecified atom stereocenters. The second-order valence-corrected chi connectivity index (χ2v) is 8.51. The number of likely N-dealkylation sites (tertiary alicyclic amines) is 1. The van der Waals surface area contributed by atoms with Crippen molar-refractivity contribution in [3.05, 3.63) is 63.7 Å². The van der Waals surface area contributed by atoms with Crippen LogP contribution in [0, 0.1) is 0 Å². The molecule has 1 aliphatic rings. The highest BCUT2D eigenvalue weighted by Gasteiger charge is 2.27. The molecule has 0 saturated carbocycles. The monoisotopic (exact) mass is 456 g/mol. The minimum Gasteiger partial charge on any atom is -0.502 e. The van der Waals surface area contributed by atoms with Crippen molar-refractivity contribution in [1.82, 2.24) is 4.90 Å². The van der Waals surface area contributed by atoms with Crippen molar-refractivity contribution in [2.24, 2.45) is 5.73 Å². The number of rotatable bonds is 10. The van der Waals surface area contributed by atoms with Crippen molar-refractivity contribution in [3.8, 4) is 17.2 Å². The van der Waals surface area contributed by atoms with E-state index in [1.54, 1.807) is 18.2 Å². The van der Waals surface area contributed by atoms with E-state index in [9.17, 15) is 14.7 Å². The fraction of sp³-hybridized carbons (Fsp3) is 0.440. The molecule has 1 aliphatic heterocycles. The van der Waals surface area contributed by atoms with E-state index in [0.717, 1.165) is 31.5 Å². The van der Waals surface area contributed by atoms with Crippen molar-refractivity contribution >= 4 is 5.91 Å². The lowest BCUT2D eigenvalue weighted by Crippen LogP contribution is -2.29. The van der Waals surface area contributed by atoms with Crippen LogP contribution >= 0.6 is 0 Å². The van der Waals surface area contributed by atoms with Crippen LogP contribution in [0.3, 0.4) is 0 Å². The van der Waals surface area contributed by atoms with Gasteiger partial charge in [-0.1, -0.05) is 19.1 Å². The highest BCUT2D eigenvalue weighted by atomic mass is 16.5. The summed E-state index contributed by atoms with van der Waals surface area (Å²) in [6, 6.07) is 6.44. The second-order valence-electron chi connectivity index (χ2n) is 8.51. The molecule has 1 saturated heterocycles. The van der Waals surface area contributed by atoms with Crippen LogP contribution in [0.15, 0.2) is 45.6 Å². The summed E-state index contributed by atoms with van der Waals surface area (Å²) in [5, 5.41) is 10.6. The van der Waals surface area contributed by atoms with Gasteiger partial charge in [-0.15, -0.1) is 0 Å². The van der Waals surface area contributed by atoms with E-state index < -0.39 is 23.0 Å². The van der Waals surface area contributed by atoms with Gasteiger partial charge in [-0.25, -0.2) is 0 Å². The number of aromatic hydroxyl groups is 1. The first-order valence-corrected chi connectivity index (χ1v) is 11.1. The van der Waals surface area contributed by atoms with E-state index in [0.29, 0.717) is 36.0 Å². The van der Waals surface area contributed by atoms with E-state index in [4.69, 9.17) is 19.6 Å². The average molecular weight is 457 g/mol. The zero-order chi connectivity index (χ0) is 24.0. The molecule has 8 heteroatoms. The fourth-order valence-electron chi connectivity index (χ4n) is 3.99. The quantitative estimate of drug-likeness (QED) is 0.527. The molecule has 0 aliphatic carbocycles. The van der Waals surface area contributed by atoms with Crippen molar-refractivity contribution in [2.75, 3.05) is 26.8 Å². The van der Waals surface area contributed by atoms with Gasteiger partial charge in [0.15, 0.2) is 17.3 Å². The summed E-state index contributed by atoms with van der Waals surface area (Å²) < 4.78 is 17.2. The molecule has 0 radical (unpaired) electrons. The molecule has 1 amide bonds. The maximum atomic E-state index is 12.6. The lowest BCUT2D eigenvalue weighted by molar-refractivity contribution is -0.118. The molecule has 8 nitrogen and oxygen atoms in total. The SMILES string of the molecule is C=C(C)COc1ccc([C@H](CC(N)=O)c2oc(CN3CCCCC3)cc(=O)c2O)cc1OC. The summed E-state index contributed by atoms with van der Waals surface area (Å²) >= 11 is 0. The summed E-state index contributed by atoms with van der Waals surface area (Å²) in [4.78, 5) is 26.7. The number of amides is 1. The standard InChI is InChI=1S/C25H32N2O6/c1-16(2)15-32-21-8-7-17(11-22(21)31-3)19(13-23(26)29)25-24(30)20(28)12-18(33-25)14-27-9-5-4-6-10-27/h7-8,11-12,19,30H,1,4-6,9-10,13-15H2,2-3H3,(H2,26,29)/t19-/m0/s1. The number of ether oxygens (including phenoxy) is 2. The second kappa shape index (κ2) is 11.0. The fourth-order valence-corrected chi connectivity index (χ4v) is 3.99. The first kappa shape index (κ1) is 24.4. The van der Waals surface area contributed by atoms with Crippen LogP contribution < -0.4 is 20.6 Å². The predicted molar refractivity (Wildman–Crippen MR) is 125 cm³/mol. The van der Waals surface area contributed by atoms with Crippen LogP contribution in [0.25, 0.3) is 0 Å².